The fourth-order valence-corrected chi connectivity index (χ4v) is 3.26. The van der Waals surface area contributed by atoms with Crippen molar-refractivity contribution in [2.75, 3.05) is 5.32 Å². The van der Waals surface area contributed by atoms with Gasteiger partial charge in [-0.2, -0.15) is 21.7 Å². The summed E-state index contributed by atoms with van der Waals surface area (Å²) in [6, 6.07) is 10.6. The van der Waals surface area contributed by atoms with Gasteiger partial charge in [-0.05, 0) is 49.6 Å². The number of thiophene rings is 1. The van der Waals surface area contributed by atoms with E-state index < -0.39 is 0 Å². The summed E-state index contributed by atoms with van der Waals surface area (Å²) in [6.07, 6.45) is 0. The van der Waals surface area contributed by atoms with Crippen LogP contribution in [0.15, 0.2) is 45.9 Å². The normalized spacial score (nSPS) is 10.3. The van der Waals surface area contributed by atoms with E-state index in [-0.39, 0.29) is 22.6 Å². The maximum Gasteiger partial charge on any atom is 0.291 e. The molecule has 0 unspecified atom stereocenters. The molecule has 3 rings (SSSR count). The first-order valence-corrected chi connectivity index (χ1v) is 8.95. The van der Waals surface area contributed by atoms with Gasteiger partial charge in [-0.3, -0.25) is 9.59 Å². The highest BCUT2D eigenvalue weighted by atomic mass is 32.1. The number of carbonyl (C=O) groups is 1. The zero-order chi connectivity index (χ0) is 18.7. The molecule has 1 N–H and O–H groups in total. The molecule has 0 radical (unpaired) electrons. The van der Waals surface area contributed by atoms with Gasteiger partial charge in [0.1, 0.15) is 11.4 Å². The first-order valence-electron chi connectivity index (χ1n) is 8.01. The first kappa shape index (κ1) is 17.6. The van der Waals surface area contributed by atoms with Crippen molar-refractivity contribution in [1.29, 1.82) is 5.26 Å². The van der Waals surface area contributed by atoms with Crippen LogP contribution in [-0.2, 0) is 6.54 Å². The van der Waals surface area contributed by atoms with Gasteiger partial charge in [0, 0.05) is 23.2 Å². The standard InChI is InChI=1S/C19H16N4O2S/c1-3-23-19(25)18(21-15-6-4-13(10-20)5-7-15)16(12(2)24)17(22-23)14-8-9-26-11-14/h4-9,11,21H,3H2,1-2H3. The minimum atomic E-state index is -0.360. The number of nitriles is 1. The van der Waals surface area contributed by atoms with Crippen molar-refractivity contribution < 1.29 is 4.79 Å². The molecule has 0 atom stereocenters. The molecule has 2 aromatic heterocycles. The van der Waals surface area contributed by atoms with E-state index in [2.05, 4.69) is 10.4 Å². The summed E-state index contributed by atoms with van der Waals surface area (Å²) in [6.45, 7) is 3.63. The lowest BCUT2D eigenvalue weighted by molar-refractivity contribution is 0.101. The van der Waals surface area contributed by atoms with E-state index >= 15 is 0 Å². The van der Waals surface area contributed by atoms with Gasteiger partial charge < -0.3 is 5.32 Å². The highest BCUT2D eigenvalue weighted by Gasteiger charge is 2.22. The van der Waals surface area contributed by atoms with Crippen molar-refractivity contribution in [3.8, 4) is 17.3 Å². The Kier molecular flexibility index (Phi) is 4.96. The number of aromatic nitrogens is 2. The van der Waals surface area contributed by atoms with Crippen LogP contribution in [0.1, 0.15) is 29.8 Å². The summed E-state index contributed by atoms with van der Waals surface area (Å²) in [4.78, 5) is 25.2. The zero-order valence-electron chi connectivity index (χ0n) is 14.3. The SMILES string of the molecule is CCn1nc(-c2ccsc2)c(C(C)=O)c(Nc2ccc(C#N)cc2)c1=O. The Morgan fingerprint density at radius 2 is 2.04 bits per heavy atom. The lowest BCUT2D eigenvalue weighted by Crippen LogP contribution is -2.28. The summed E-state index contributed by atoms with van der Waals surface area (Å²) >= 11 is 1.50. The molecule has 7 heteroatoms. The van der Waals surface area contributed by atoms with Gasteiger partial charge in [0.2, 0.25) is 0 Å². The van der Waals surface area contributed by atoms with Crippen molar-refractivity contribution in [3.05, 3.63) is 62.6 Å². The van der Waals surface area contributed by atoms with Crippen LogP contribution < -0.4 is 10.9 Å². The Labute approximate surface area is 154 Å². The lowest BCUT2D eigenvalue weighted by atomic mass is 10.0. The van der Waals surface area contributed by atoms with Gasteiger partial charge in [-0.1, -0.05) is 0 Å². The van der Waals surface area contributed by atoms with E-state index in [1.165, 1.54) is 22.9 Å². The molecule has 2 heterocycles. The highest BCUT2D eigenvalue weighted by molar-refractivity contribution is 7.08. The molecule has 0 aliphatic carbocycles. The molecule has 6 nitrogen and oxygen atoms in total. The minimum Gasteiger partial charge on any atom is -0.350 e. The van der Waals surface area contributed by atoms with Crippen molar-refractivity contribution in [2.24, 2.45) is 0 Å². The van der Waals surface area contributed by atoms with E-state index in [1.807, 2.05) is 29.8 Å². The van der Waals surface area contributed by atoms with E-state index in [1.54, 1.807) is 24.3 Å². The number of rotatable bonds is 5. The summed E-state index contributed by atoms with van der Waals surface area (Å²) < 4.78 is 1.34. The number of aryl methyl sites for hydroxylation is 1. The zero-order valence-corrected chi connectivity index (χ0v) is 15.1. The van der Waals surface area contributed by atoms with Crippen LogP contribution in [0.3, 0.4) is 0 Å². The number of carbonyl (C=O) groups excluding carboxylic acids is 1. The average molecular weight is 364 g/mol. The molecular weight excluding hydrogens is 348 g/mol. The summed E-state index contributed by atoms with van der Waals surface area (Å²) in [5, 5.41) is 20.1. The molecule has 0 aliphatic heterocycles. The first-order chi connectivity index (χ1) is 12.5. The van der Waals surface area contributed by atoms with Crippen molar-refractivity contribution in [3.63, 3.8) is 0 Å². The van der Waals surface area contributed by atoms with E-state index in [4.69, 9.17) is 5.26 Å². The maximum absolute atomic E-state index is 12.8. The number of Topliss-reactive ketones (excluding diaryl/α,β-unsaturated/α-hetero) is 1. The molecule has 0 spiro atoms. The maximum atomic E-state index is 12.8. The third-order valence-corrected chi connectivity index (χ3v) is 4.57. The molecular formula is C19H16N4O2S. The number of benzene rings is 1. The molecule has 1 aromatic carbocycles. The molecule has 0 saturated carbocycles. The quantitative estimate of drug-likeness (QED) is 0.696. The molecule has 26 heavy (non-hydrogen) atoms. The second kappa shape index (κ2) is 7.33. The van der Waals surface area contributed by atoms with E-state index in [9.17, 15) is 9.59 Å². The van der Waals surface area contributed by atoms with Crippen molar-refractivity contribution in [2.45, 2.75) is 20.4 Å². The van der Waals surface area contributed by atoms with Crippen LogP contribution in [0.2, 0.25) is 0 Å². The van der Waals surface area contributed by atoms with E-state index in [0.29, 0.717) is 23.5 Å². The van der Waals surface area contributed by atoms with Crippen LogP contribution in [0, 0.1) is 11.3 Å². The molecule has 0 aliphatic rings. The Bertz CT molecular complexity index is 1040. The highest BCUT2D eigenvalue weighted by Crippen LogP contribution is 2.29. The monoisotopic (exact) mass is 364 g/mol. The number of ketones is 1. The number of anilines is 2. The minimum absolute atomic E-state index is 0.195. The Hall–Kier alpha value is -3.24. The van der Waals surface area contributed by atoms with Crippen LogP contribution in [0.5, 0.6) is 0 Å². The lowest BCUT2D eigenvalue weighted by Gasteiger charge is -2.15. The molecule has 0 bridgehead atoms. The number of nitrogens with zero attached hydrogens (tertiary/aromatic N) is 3. The van der Waals surface area contributed by atoms with Crippen molar-refractivity contribution >= 4 is 28.5 Å². The second-order valence-electron chi connectivity index (χ2n) is 5.60. The number of hydrogen-bond donors (Lipinski definition) is 1. The number of hydrogen-bond acceptors (Lipinski definition) is 6. The van der Waals surface area contributed by atoms with Gasteiger partial charge in [-0.25, -0.2) is 4.68 Å². The third kappa shape index (κ3) is 3.27. The van der Waals surface area contributed by atoms with Crippen LogP contribution in [-0.4, -0.2) is 15.6 Å². The fraction of sp³-hybridized carbons (Fsp3) is 0.158. The van der Waals surface area contributed by atoms with Gasteiger partial charge in [0.15, 0.2) is 5.78 Å². The van der Waals surface area contributed by atoms with Gasteiger partial charge in [0.05, 0.1) is 17.2 Å². The molecule has 3 aromatic rings. The van der Waals surface area contributed by atoms with Gasteiger partial charge >= 0.3 is 0 Å². The average Bonchev–Trinajstić information content (AvgIpc) is 3.18. The third-order valence-electron chi connectivity index (χ3n) is 3.89. The Morgan fingerprint density at radius 1 is 1.31 bits per heavy atom. The second-order valence-corrected chi connectivity index (χ2v) is 6.38. The topological polar surface area (TPSA) is 87.8 Å². The van der Waals surface area contributed by atoms with Crippen LogP contribution in [0.25, 0.3) is 11.3 Å². The number of nitrogens with one attached hydrogen (secondary N) is 1. The van der Waals surface area contributed by atoms with Crippen molar-refractivity contribution in [1.82, 2.24) is 9.78 Å². The van der Waals surface area contributed by atoms with Crippen LogP contribution >= 0.6 is 11.3 Å². The predicted molar refractivity (Wildman–Crippen MR) is 102 cm³/mol. The summed E-state index contributed by atoms with van der Waals surface area (Å²) in [7, 11) is 0. The predicted octanol–water partition coefficient (Wildman–Crippen LogP) is 3.81. The Balaban J connectivity index is 2.21. The van der Waals surface area contributed by atoms with E-state index in [0.717, 1.165) is 5.56 Å². The Morgan fingerprint density at radius 3 is 2.58 bits per heavy atom. The fourth-order valence-electron chi connectivity index (χ4n) is 2.62. The molecule has 0 saturated heterocycles. The van der Waals surface area contributed by atoms with Gasteiger partial charge in [0.25, 0.3) is 5.56 Å². The largest absolute Gasteiger partial charge is 0.350 e. The summed E-state index contributed by atoms with van der Waals surface area (Å²) in [5.74, 6) is -0.241. The molecule has 0 amide bonds. The van der Waals surface area contributed by atoms with Gasteiger partial charge in [-0.15, -0.1) is 0 Å². The van der Waals surface area contributed by atoms with Crippen LogP contribution in [0.4, 0.5) is 11.4 Å². The summed E-state index contributed by atoms with van der Waals surface area (Å²) in [5.41, 5.74) is 2.51. The molecule has 0 fully saturated rings. The smallest absolute Gasteiger partial charge is 0.291 e. The molecule has 130 valence electrons.